The lowest BCUT2D eigenvalue weighted by atomic mass is 10.00. The van der Waals surface area contributed by atoms with Crippen molar-refractivity contribution in [1.29, 1.82) is 0 Å². The number of aromatic nitrogens is 2. The highest BCUT2D eigenvalue weighted by Crippen LogP contribution is 2.19. The standard InChI is InChI=1S/C23H29FN6O2/c1-16(31)30-13-20(14-30)28-22-10-21(26-15-27-22)23(32)25-11-19(24)7-9-29-8-6-17-4-2-3-5-18(17)12-29/h2-5,10,15,19-20H,6-9,11-14H2,1H3,(H,25,32)(H,26,27,28). The van der Waals surface area contributed by atoms with Crippen LogP contribution in [0.5, 0.6) is 0 Å². The molecule has 0 aliphatic carbocycles. The number of fused-ring (bicyclic) bond motifs is 1. The molecule has 1 fully saturated rings. The first-order valence-electron chi connectivity index (χ1n) is 11.0. The van der Waals surface area contributed by atoms with Crippen molar-refractivity contribution < 1.29 is 14.0 Å². The van der Waals surface area contributed by atoms with Gasteiger partial charge in [-0.3, -0.25) is 14.5 Å². The number of carbonyl (C=O) groups excluding carboxylic acids is 2. The van der Waals surface area contributed by atoms with Crippen molar-refractivity contribution in [1.82, 2.24) is 25.1 Å². The molecule has 3 heterocycles. The Morgan fingerprint density at radius 3 is 2.78 bits per heavy atom. The van der Waals surface area contributed by atoms with Gasteiger partial charge in [0, 0.05) is 52.3 Å². The van der Waals surface area contributed by atoms with Crippen LogP contribution in [0, 0.1) is 0 Å². The summed E-state index contributed by atoms with van der Waals surface area (Å²) in [5.74, 6) is 0.126. The Labute approximate surface area is 187 Å². The third-order valence-corrected chi connectivity index (χ3v) is 6.03. The second kappa shape index (κ2) is 10.0. The molecule has 2 aromatic rings. The van der Waals surface area contributed by atoms with Crippen LogP contribution in [0.3, 0.4) is 0 Å². The van der Waals surface area contributed by atoms with Crippen LogP contribution < -0.4 is 10.6 Å². The Morgan fingerprint density at radius 1 is 1.22 bits per heavy atom. The molecule has 8 nitrogen and oxygen atoms in total. The molecule has 2 aliphatic rings. The molecule has 170 valence electrons. The molecular formula is C23H29FN6O2. The zero-order valence-electron chi connectivity index (χ0n) is 18.3. The van der Waals surface area contributed by atoms with Gasteiger partial charge < -0.3 is 15.5 Å². The van der Waals surface area contributed by atoms with Gasteiger partial charge in [-0.15, -0.1) is 0 Å². The third-order valence-electron chi connectivity index (χ3n) is 6.03. The lowest BCUT2D eigenvalue weighted by Gasteiger charge is -2.39. The van der Waals surface area contributed by atoms with Gasteiger partial charge in [0.05, 0.1) is 6.04 Å². The molecule has 32 heavy (non-hydrogen) atoms. The van der Waals surface area contributed by atoms with E-state index in [1.807, 2.05) is 6.07 Å². The van der Waals surface area contributed by atoms with E-state index in [1.54, 1.807) is 11.0 Å². The minimum absolute atomic E-state index is 0.0386. The van der Waals surface area contributed by atoms with Crippen LogP contribution in [0.1, 0.15) is 35.0 Å². The predicted molar refractivity (Wildman–Crippen MR) is 119 cm³/mol. The second-order valence-electron chi connectivity index (χ2n) is 8.44. The van der Waals surface area contributed by atoms with Crippen LogP contribution in [0.25, 0.3) is 0 Å². The zero-order valence-corrected chi connectivity index (χ0v) is 18.3. The van der Waals surface area contributed by atoms with Crippen LogP contribution in [-0.4, -0.2) is 76.5 Å². The number of nitrogens with zero attached hydrogens (tertiary/aromatic N) is 4. The first kappa shape index (κ1) is 22.1. The average molecular weight is 441 g/mol. The smallest absolute Gasteiger partial charge is 0.270 e. The summed E-state index contributed by atoms with van der Waals surface area (Å²) in [5.41, 5.74) is 2.87. The minimum atomic E-state index is -1.12. The van der Waals surface area contributed by atoms with Gasteiger partial charge in [0.25, 0.3) is 5.91 Å². The number of anilines is 1. The molecule has 2 aliphatic heterocycles. The average Bonchev–Trinajstić information content (AvgIpc) is 2.78. The fourth-order valence-corrected chi connectivity index (χ4v) is 4.06. The number of benzene rings is 1. The summed E-state index contributed by atoms with van der Waals surface area (Å²) < 4.78 is 14.4. The minimum Gasteiger partial charge on any atom is -0.364 e. The molecule has 0 spiro atoms. The number of amides is 2. The van der Waals surface area contributed by atoms with E-state index in [9.17, 15) is 14.0 Å². The number of hydrogen-bond donors (Lipinski definition) is 2. The molecule has 1 saturated heterocycles. The number of likely N-dealkylation sites (tertiary alicyclic amines) is 1. The highest BCUT2D eigenvalue weighted by molar-refractivity contribution is 5.92. The molecule has 0 radical (unpaired) electrons. The largest absolute Gasteiger partial charge is 0.364 e. The fraction of sp³-hybridized carbons (Fsp3) is 0.478. The summed E-state index contributed by atoms with van der Waals surface area (Å²) in [6.07, 6.45) is 1.54. The van der Waals surface area contributed by atoms with Gasteiger partial charge in [0.15, 0.2) is 0 Å². The van der Waals surface area contributed by atoms with Crippen LogP contribution >= 0.6 is 0 Å². The van der Waals surface area contributed by atoms with Crippen molar-refractivity contribution in [3.8, 4) is 0 Å². The highest BCUT2D eigenvalue weighted by atomic mass is 19.1. The molecule has 0 saturated carbocycles. The Kier molecular flexibility index (Phi) is 6.94. The first-order chi connectivity index (χ1) is 15.5. The summed E-state index contributed by atoms with van der Waals surface area (Å²) in [7, 11) is 0. The van der Waals surface area contributed by atoms with Crippen molar-refractivity contribution in [2.75, 3.05) is 38.0 Å². The van der Waals surface area contributed by atoms with Crippen LogP contribution in [-0.2, 0) is 17.8 Å². The summed E-state index contributed by atoms with van der Waals surface area (Å²) >= 11 is 0. The van der Waals surface area contributed by atoms with E-state index in [0.717, 1.165) is 19.5 Å². The number of hydrogen-bond acceptors (Lipinski definition) is 6. The van der Waals surface area contributed by atoms with Gasteiger partial charge in [-0.25, -0.2) is 14.4 Å². The molecule has 1 aromatic carbocycles. The van der Waals surface area contributed by atoms with E-state index in [-0.39, 0.29) is 24.2 Å². The van der Waals surface area contributed by atoms with Gasteiger partial charge >= 0.3 is 0 Å². The number of alkyl halides is 1. The van der Waals surface area contributed by atoms with Crippen LogP contribution in [0.15, 0.2) is 36.7 Å². The molecule has 1 aromatic heterocycles. The van der Waals surface area contributed by atoms with Gasteiger partial charge in [0.2, 0.25) is 5.91 Å². The summed E-state index contributed by atoms with van der Waals surface area (Å²) in [5, 5.41) is 5.81. The normalized spacial score (nSPS) is 17.2. The molecular weight excluding hydrogens is 411 g/mol. The Morgan fingerprint density at radius 2 is 2.00 bits per heavy atom. The lowest BCUT2D eigenvalue weighted by Crippen LogP contribution is -2.56. The topological polar surface area (TPSA) is 90.5 Å². The van der Waals surface area contributed by atoms with E-state index < -0.39 is 12.1 Å². The van der Waals surface area contributed by atoms with Gasteiger partial charge in [-0.05, 0) is 24.0 Å². The van der Waals surface area contributed by atoms with Crippen LogP contribution in [0.2, 0.25) is 0 Å². The molecule has 4 rings (SSSR count). The maximum absolute atomic E-state index is 14.4. The number of carbonyl (C=O) groups is 2. The van der Waals surface area contributed by atoms with Crippen molar-refractivity contribution in [3.63, 3.8) is 0 Å². The Hall–Kier alpha value is -3.07. The van der Waals surface area contributed by atoms with Gasteiger partial charge in [-0.2, -0.15) is 0 Å². The number of rotatable bonds is 8. The number of nitrogens with one attached hydrogen (secondary N) is 2. The Bertz CT molecular complexity index is 965. The predicted octanol–water partition coefficient (Wildman–Crippen LogP) is 1.64. The van der Waals surface area contributed by atoms with E-state index in [2.05, 4.69) is 43.7 Å². The summed E-state index contributed by atoms with van der Waals surface area (Å²) in [6, 6.07) is 10.0. The SMILES string of the molecule is CC(=O)N1CC(Nc2cc(C(=O)NCC(F)CCN3CCc4ccccc4C3)ncn2)C1. The van der Waals surface area contributed by atoms with Crippen molar-refractivity contribution in [2.24, 2.45) is 0 Å². The molecule has 0 bridgehead atoms. The van der Waals surface area contributed by atoms with E-state index in [0.29, 0.717) is 31.9 Å². The monoisotopic (exact) mass is 440 g/mol. The highest BCUT2D eigenvalue weighted by Gasteiger charge is 2.28. The molecule has 2 N–H and O–H groups in total. The molecule has 2 amide bonds. The molecule has 1 atom stereocenters. The zero-order chi connectivity index (χ0) is 22.5. The lowest BCUT2D eigenvalue weighted by molar-refractivity contribution is -0.132. The van der Waals surface area contributed by atoms with Crippen LogP contribution in [0.4, 0.5) is 10.2 Å². The van der Waals surface area contributed by atoms with Crippen molar-refractivity contribution >= 4 is 17.6 Å². The van der Waals surface area contributed by atoms with Crippen molar-refractivity contribution in [3.05, 3.63) is 53.5 Å². The fourth-order valence-electron chi connectivity index (χ4n) is 4.06. The summed E-state index contributed by atoms with van der Waals surface area (Å²) in [6.45, 7) is 5.12. The van der Waals surface area contributed by atoms with E-state index in [4.69, 9.17) is 0 Å². The van der Waals surface area contributed by atoms with Gasteiger partial charge in [-0.1, -0.05) is 24.3 Å². The summed E-state index contributed by atoms with van der Waals surface area (Å²) in [4.78, 5) is 35.8. The second-order valence-corrected chi connectivity index (χ2v) is 8.44. The molecule has 1 unspecified atom stereocenters. The Balaban J connectivity index is 1.19. The van der Waals surface area contributed by atoms with E-state index >= 15 is 0 Å². The van der Waals surface area contributed by atoms with Crippen molar-refractivity contribution in [2.45, 2.75) is 38.5 Å². The maximum atomic E-state index is 14.4. The quantitative estimate of drug-likeness (QED) is 0.649. The first-order valence-corrected chi connectivity index (χ1v) is 11.0. The maximum Gasteiger partial charge on any atom is 0.270 e. The van der Waals surface area contributed by atoms with Gasteiger partial charge in [0.1, 0.15) is 24.0 Å². The molecule has 9 heteroatoms. The van der Waals surface area contributed by atoms with E-state index in [1.165, 1.54) is 24.4 Å². The number of halogens is 1. The third kappa shape index (κ3) is 5.59.